The van der Waals surface area contributed by atoms with Gasteiger partial charge < -0.3 is 0 Å². The van der Waals surface area contributed by atoms with Gasteiger partial charge in [0.1, 0.15) is 0 Å². The van der Waals surface area contributed by atoms with E-state index in [-0.39, 0.29) is 12.4 Å². The fourth-order valence-electron chi connectivity index (χ4n) is 4.41. The average molecular weight is 389 g/mol. The molecule has 0 aromatic heterocycles. The van der Waals surface area contributed by atoms with Crippen molar-refractivity contribution in [1.29, 1.82) is 0 Å². The maximum atomic E-state index is 5.87. The van der Waals surface area contributed by atoms with Gasteiger partial charge >= 0.3 is 0 Å². The molecule has 0 radical (unpaired) electrons. The van der Waals surface area contributed by atoms with Gasteiger partial charge in [0.25, 0.3) is 0 Å². The van der Waals surface area contributed by atoms with Crippen LogP contribution in [0, 0.1) is 5.92 Å². The molecule has 134 valence electrons. The molecule has 0 amide bonds. The largest absolute Gasteiger partial charge is 0.147 e. The first kappa shape index (κ1) is 18.2. The number of thiocarbonyl (C=S) groups is 1. The normalized spacial score (nSPS) is 15.9. The van der Waals surface area contributed by atoms with Gasteiger partial charge in [0, 0.05) is 4.86 Å². The molecule has 0 nitrogen and oxygen atoms in total. The molecule has 1 aliphatic rings. The van der Waals surface area contributed by atoms with Crippen molar-refractivity contribution in [2.24, 2.45) is 5.92 Å². The molecule has 0 heterocycles. The van der Waals surface area contributed by atoms with E-state index in [1.807, 2.05) is 0 Å². The van der Waals surface area contributed by atoms with E-state index in [2.05, 4.69) is 78.9 Å². The lowest BCUT2D eigenvalue weighted by Gasteiger charge is -2.27. The first-order valence-corrected chi connectivity index (χ1v) is 9.73. The Morgan fingerprint density at radius 1 is 0.741 bits per heavy atom. The van der Waals surface area contributed by atoms with Gasteiger partial charge in [0.05, 0.1) is 0 Å². The lowest BCUT2D eigenvalue weighted by Crippen LogP contribution is -2.22. The molecule has 1 atom stereocenters. The van der Waals surface area contributed by atoms with Crippen molar-refractivity contribution in [2.45, 2.75) is 19.3 Å². The lowest BCUT2D eigenvalue weighted by molar-refractivity contribution is 0.593. The Morgan fingerprint density at radius 2 is 1.48 bits per heavy atom. The first-order chi connectivity index (χ1) is 12.8. The number of benzene rings is 4. The summed E-state index contributed by atoms with van der Waals surface area (Å²) in [5, 5.41) is 5.43. The van der Waals surface area contributed by atoms with Gasteiger partial charge in [-0.25, -0.2) is 0 Å². The van der Waals surface area contributed by atoms with Crippen LogP contribution in [0.5, 0.6) is 0 Å². The minimum atomic E-state index is 0. The maximum Gasteiger partial charge on any atom is 0.0258 e. The number of halogens is 1. The third kappa shape index (κ3) is 3.16. The van der Waals surface area contributed by atoms with E-state index in [1.54, 1.807) is 0 Å². The highest BCUT2D eigenvalue weighted by Crippen LogP contribution is 2.36. The molecular formula is C25H21ClS. The molecule has 0 fully saturated rings. The SMILES string of the molecule is Cl.S=C(c1ccccc1)C1CCc2ccc3c(ccc4ccccc43)c2C1. The smallest absolute Gasteiger partial charge is 0.0258 e. The van der Waals surface area contributed by atoms with Crippen molar-refractivity contribution in [1.82, 2.24) is 0 Å². The summed E-state index contributed by atoms with van der Waals surface area (Å²) in [5.74, 6) is 0.456. The zero-order chi connectivity index (χ0) is 17.5. The van der Waals surface area contributed by atoms with Crippen LogP contribution >= 0.6 is 24.6 Å². The van der Waals surface area contributed by atoms with Gasteiger partial charge in [-0.05, 0) is 63.4 Å². The van der Waals surface area contributed by atoms with E-state index in [9.17, 15) is 0 Å². The Balaban J connectivity index is 0.00000180. The summed E-state index contributed by atoms with van der Waals surface area (Å²) in [6.45, 7) is 0. The third-order valence-electron chi connectivity index (χ3n) is 5.78. The van der Waals surface area contributed by atoms with Gasteiger partial charge in [-0.1, -0.05) is 91.1 Å². The minimum Gasteiger partial charge on any atom is -0.147 e. The number of aryl methyl sites for hydroxylation is 1. The lowest BCUT2D eigenvalue weighted by atomic mass is 9.78. The van der Waals surface area contributed by atoms with Crippen molar-refractivity contribution in [3.8, 4) is 0 Å². The Kier molecular flexibility index (Phi) is 4.99. The van der Waals surface area contributed by atoms with Crippen molar-refractivity contribution < 1.29 is 0 Å². The van der Waals surface area contributed by atoms with Crippen LogP contribution in [0.4, 0.5) is 0 Å². The minimum absolute atomic E-state index is 0. The van der Waals surface area contributed by atoms with Crippen LogP contribution in [-0.4, -0.2) is 4.86 Å². The summed E-state index contributed by atoms with van der Waals surface area (Å²) >= 11 is 5.87. The molecule has 1 unspecified atom stereocenters. The van der Waals surface area contributed by atoms with E-state index >= 15 is 0 Å². The Morgan fingerprint density at radius 3 is 2.33 bits per heavy atom. The van der Waals surface area contributed by atoms with Gasteiger partial charge in [-0.3, -0.25) is 0 Å². The molecule has 0 saturated carbocycles. The van der Waals surface area contributed by atoms with Crippen LogP contribution < -0.4 is 0 Å². The van der Waals surface area contributed by atoms with Gasteiger partial charge in [0.15, 0.2) is 0 Å². The van der Waals surface area contributed by atoms with Crippen LogP contribution in [0.2, 0.25) is 0 Å². The summed E-state index contributed by atoms with van der Waals surface area (Å²) in [5.41, 5.74) is 4.21. The van der Waals surface area contributed by atoms with E-state index in [0.29, 0.717) is 5.92 Å². The van der Waals surface area contributed by atoms with Crippen LogP contribution in [0.25, 0.3) is 21.5 Å². The quantitative estimate of drug-likeness (QED) is 0.203. The predicted octanol–water partition coefficient (Wildman–Crippen LogP) is 6.94. The molecule has 0 saturated heterocycles. The summed E-state index contributed by atoms with van der Waals surface area (Å²) in [6, 6.07) is 28.4. The highest BCUT2D eigenvalue weighted by Gasteiger charge is 2.24. The second-order valence-corrected chi connectivity index (χ2v) is 7.69. The van der Waals surface area contributed by atoms with Gasteiger partial charge in [0.2, 0.25) is 0 Å². The molecule has 2 heteroatoms. The Bertz CT molecular complexity index is 1130. The van der Waals surface area contributed by atoms with Crippen molar-refractivity contribution in [2.75, 3.05) is 0 Å². The molecule has 27 heavy (non-hydrogen) atoms. The Hall–Kier alpha value is -2.22. The van der Waals surface area contributed by atoms with Crippen LogP contribution in [-0.2, 0) is 12.8 Å². The van der Waals surface area contributed by atoms with Gasteiger partial charge in [-0.2, -0.15) is 0 Å². The summed E-state index contributed by atoms with van der Waals surface area (Å²) in [6.07, 6.45) is 3.33. The van der Waals surface area contributed by atoms with Crippen molar-refractivity contribution in [3.63, 3.8) is 0 Å². The number of fused-ring (bicyclic) bond motifs is 5. The molecule has 0 aliphatic heterocycles. The highest BCUT2D eigenvalue weighted by atomic mass is 35.5. The van der Waals surface area contributed by atoms with E-state index < -0.39 is 0 Å². The molecule has 4 aromatic carbocycles. The maximum absolute atomic E-state index is 5.87. The average Bonchev–Trinajstić information content (AvgIpc) is 2.73. The number of hydrogen-bond acceptors (Lipinski definition) is 1. The summed E-state index contributed by atoms with van der Waals surface area (Å²) in [4.78, 5) is 1.12. The zero-order valence-electron chi connectivity index (χ0n) is 15.0. The second kappa shape index (κ2) is 7.42. The topological polar surface area (TPSA) is 0 Å². The zero-order valence-corrected chi connectivity index (χ0v) is 16.7. The van der Waals surface area contributed by atoms with Crippen LogP contribution in [0.3, 0.4) is 0 Å². The fraction of sp³-hybridized carbons (Fsp3) is 0.160. The summed E-state index contributed by atoms with van der Waals surface area (Å²) in [7, 11) is 0. The predicted molar refractivity (Wildman–Crippen MR) is 122 cm³/mol. The Labute approximate surface area is 171 Å². The molecule has 0 bridgehead atoms. The van der Waals surface area contributed by atoms with E-state index in [0.717, 1.165) is 24.1 Å². The molecule has 0 N–H and O–H groups in total. The van der Waals surface area contributed by atoms with E-state index in [4.69, 9.17) is 12.2 Å². The first-order valence-electron chi connectivity index (χ1n) is 9.33. The molecule has 1 aliphatic carbocycles. The molecular weight excluding hydrogens is 368 g/mol. The molecule has 4 aromatic rings. The number of hydrogen-bond donors (Lipinski definition) is 0. The van der Waals surface area contributed by atoms with Gasteiger partial charge in [-0.15, -0.1) is 12.4 Å². The second-order valence-electron chi connectivity index (χ2n) is 7.26. The monoisotopic (exact) mass is 388 g/mol. The summed E-state index contributed by atoms with van der Waals surface area (Å²) < 4.78 is 0. The number of rotatable bonds is 2. The molecule has 0 spiro atoms. The van der Waals surface area contributed by atoms with Crippen molar-refractivity contribution >= 4 is 51.0 Å². The van der Waals surface area contributed by atoms with Crippen LogP contribution in [0.1, 0.15) is 23.1 Å². The van der Waals surface area contributed by atoms with E-state index in [1.165, 1.54) is 38.2 Å². The van der Waals surface area contributed by atoms with Crippen molar-refractivity contribution in [3.05, 3.63) is 95.6 Å². The third-order valence-corrected chi connectivity index (χ3v) is 6.35. The highest BCUT2D eigenvalue weighted by molar-refractivity contribution is 7.80. The fourth-order valence-corrected chi connectivity index (χ4v) is 4.75. The van der Waals surface area contributed by atoms with Crippen LogP contribution in [0.15, 0.2) is 78.9 Å². The standard InChI is InChI=1S/C25H20S.ClH/c26-25(19-7-2-1-3-8-19)20-11-10-18-13-14-22-21-9-5-4-6-17(21)12-15-23(22)24(18)16-20;/h1-9,12-15,20H,10-11,16H2;1H. The molecule has 5 rings (SSSR count).